The standard InChI is InChI=1S/C22H19ClF2N2O4S/c1-32(29,30)27(13-15-4-2-3-5-20(15)24)17-7-9-18(10-8-17)31-14-22(28)26-16-6-11-21(25)19(23)12-16/h2-12H,13-14H2,1H3,(H,26,28). The molecule has 0 spiro atoms. The lowest BCUT2D eigenvalue weighted by Crippen LogP contribution is -2.29. The van der Waals surface area contributed by atoms with Crippen molar-refractivity contribution in [3.8, 4) is 5.75 Å². The Labute approximate surface area is 189 Å². The molecule has 0 aliphatic rings. The van der Waals surface area contributed by atoms with Crippen molar-refractivity contribution in [2.45, 2.75) is 6.54 Å². The molecule has 3 aromatic rings. The van der Waals surface area contributed by atoms with Crippen molar-refractivity contribution in [2.75, 3.05) is 22.5 Å². The van der Waals surface area contributed by atoms with Gasteiger partial charge in [0.2, 0.25) is 10.0 Å². The Kier molecular flexibility index (Phi) is 7.32. The Morgan fingerprint density at radius 3 is 2.34 bits per heavy atom. The van der Waals surface area contributed by atoms with E-state index in [0.717, 1.165) is 16.6 Å². The molecule has 0 bridgehead atoms. The molecule has 32 heavy (non-hydrogen) atoms. The number of anilines is 2. The van der Waals surface area contributed by atoms with Crippen LogP contribution in [0.1, 0.15) is 5.56 Å². The molecule has 0 saturated carbocycles. The van der Waals surface area contributed by atoms with E-state index in [1.807, 2.05) is 0 Å². The number of ether oxygens (including phenoxy) is 1. The van der Waals surface area contributed by atoms with Crippen LogP contribution in [0, 0.1) is 11.6 Å². The van der Waals surface area contributed by atoms with Crippen LogP contribution in [0.4, 0.5) is 20.2 Å². The lowest BCUT2D eigenvalue weighted by atomic mass is 10.2. The molecule has 1 amide bonds. The average Bonchev–Trinajstić information content (AvgIpc) is 2.74. The van der Waals surface area contributed by atoms with Crippen LogP contribution >= 0.6 is 11.6 Å². The minimum Gasteiger partial charge on any atom is -0.484 e. The summed E-state index contributed by atoms with van der Waals surface area (Å²) >= 11 is 5.68. The van der Waals surface area contributed by atoms with Gasteiger partial charge < -0.3 is 10.1 Å². The van der Waals surface area contributed by atoms with E-state index >= 15 is 0 Å². The maximum absolute atomic E-state index is 14.0. The third kappa shape index (κ3) is 6.18. The summed E-state index contributed by atoms with van der Waals surface area (Å²) in [5, 5.41) is 2.40. The number of halogens is 3. The fourth-order valence-corrected chi connectivity index (χ4v) is 3.87. The Morgan fingerprint density at radius 2 is 1.72 bits per heavy atom. The van der Waals surface area contributed by atoms with E-state index in [0.29, 0.717) is 17.1 Å². The van der Waals surface area contributed by atoms with Crippen LogP contribution in [0.3, 0.4) is 0 Å². The van der Waals surface area contributed by atoms with E-state index in [9.17, 15) is 22.0 Å². The largest absolute Gasteiger partial charge is 0.484 e. The third-order valence-electron chi connectivity index (χ3n) is 4.37. The predicted octanol–water partition coefficient (Wildman–Crippen LogP) is 4.60. The van der Waals surface area contributed by atoms with Crippen molar-refractivity contribution in [3.63, 3.8) is 0 Å². The van der Waals surface area contributed by atoms with Gasteiger partial charge in [0, 0.05) is 11.3 Å². The summed E-state index contributed by atoms with van der Waals surface area (Å²) in [7, 11) is -3.69. The Bertz CT molecular complexity index is 1220. The van der Waals surface area contributed by atoms with Gasteiger partial charge in [0.15, 0.2) is 6.61 Å². The minimum atomic E-state index is -3.69. The molecule has 0 unspecified atom stereocenters. The summed E-state index contributed by atoms with van der Waals surface area (Å²) in [6.07, 6.45) is 1.03. The van der Waals surface area contributed by atoms with E-state index in [4.69, 9.17) is 16.3 Å². The summed E-state index contributed by atoms with van der Waals surface area (Å²) in [4.78, 5) is 12.0. The van der Waals surface area contributed by atoms with Gasteiger partial charge in [-0.3, -0.25) is 9.10 Å². The minimum absolute atomic E-state index is 0.120. The highest BCUT2D eigenvalue weighted by Gasteiger charge is 2.19. The van der Waals surface area contributed by atoms with Gasteiger partial charge in [-0.15, -0.1) is 0 Å². The molecular formula is C22H19ClF2N2O4S. The van der Waals surface area contributed by atoms with Gasteiger partial charge in [-0.25, -0.2) is 17.2 Å². The number of hydrogen-bond donors (Lipinski definition) is 1. The monoisotopic (exact) mass is 480 g/mol. The molecule has 0 aliphatic heterocycles. The number of carbonyl (C=O) groups excluding carboxylic acids is 1. The molecule has 0 fully saturated rings. The zero-order valence-electron chi connectivity index (χ0n) is 16.9. The zero-order chi connectivity index (χ0) is 23.3. The number of sulfonamides is 1. The van der Waals surface area contributed by atoms with Crippen LogP contribution in [-0.2, 0) is 21.4 Å². The fourth-order valence-electron chi connectivity index (χ4n) is 2.81. The molecule has 3 rings (SSSR count). The van der Waals surface area contributed by atoms with Crippen molar-refractivity contribution in [1.29, 1.82) is 0 Å². The first-order valence-electron chi connectivity index (χ1n) is 9.32. The van der Waals surface area contributed by atoms with Gasteiger partial charge in [0.1, 0.15) is 17.4 Å². The van der Waals surface area contributed by atoms with Gasteiger partial charge in [-0.2, -0.15) is 0 Å². The molecule has 6 nitrogen and oxygen atoms in total. The second kappa shape index (κ2) is 9.97. The van der Waals surface area contributed by atoms with Crippen molar-refractivity contribution in [1.82, 2.24) is 0 Å². The molecule has 3 aromatic carbocycles. The van der Waals surface area contributed by atoms with Crippen molar-refractivity contribution in [2.24, 2.45) is 0 Å². The summed E-state index contributed by atoms with van der Waals surface area (Å²) < 4.78 is 58.1. The number of hydrogen-bond acceptors (Lipinski definition) is 4. The summed E-state index contributed by atoms with van der Waals surface area (Å²) in [5.41, 5.74) is 0.863. The Hall–Kier alpha value is -3.17. The van der Waals surface area contributed by atoms with Crippen LogP contribution in [0.15, 0.2) is 66.7 Å². The zero-order valence-corrected chi connectivity index (χ0v) is 18.5. The highest BCUT2D eigenvalue weighted by molar-refractivity contribution is 7.92. The molecule has 1 N–H and O–H groups in total. The van der Waals surface area contributed by atoms with Gasteiger partial charge in [-0.05, 0) is 48.5 Å². The quantitative estimate of drug-likeness (QED) is 0.511. The van der Waals surface area contributed by atoms with Gasteiger partial charge in [-0.1, -0.05) is 29.8 Å². The van der Waals surface area contributed by atoms with Crippen LogP contribution in [-0.4, -0.2) is 27.2 Å². The molecule has 0 saturated heterocycles. The summed E-state index contributed by atoms with van der Waals surface area (Å²) in [6, 6.07) is 15.7. The van der Waals surface area contributed by atoms with Crippen molar-refractivity contribution in [3.05, 3.63) is 89.0 Å². The molecular weight excluding hydrogens is 462 g/mol. The van der Waals surface area contributed by atoms with Crippen LogP contribution in [0.25, 0.3) is 0 Å². The van der Waals surface area contributed by atoms with Gasteiger partial charge in [0.25, 0.3) is 5.91 Å². The fraction of sp³-hybridized carbons (Fsp3) is 0.136. The van der Waals surface area contributed by atoms with Crippen LogP contribution in [0.5, 0.6) is 5.75 Å². The van der Waals surface area contributed by atoms with Crippen molar-refractivity contribution >= 4 is 38.9 Å². The average molecular weight is 481 g/mol. The number of rotatable bonds is 8. The number of benzene rings is 3. The maximum Gasteiger partial charge on any atom is 0.262 e. The van der Waals surface area contributed by atoms with Gasteiger partial charge in [0.05, 0.1) is 23.5 Å². The molecule has 0 radical (unpaired) electrons. The summed E-state index contributed by atoms with van der Waals surface area (Å²) in [5.74, 6) is -1.27. The predicted molar refractivity (Wildman–Crippen MR) is 119 cm³/mol. The van der Waals surface area contributed by atoms with E-state index < -0.39 is 27.6 Å². The number of nitrogens with one attached hydrogen (secondary N) is 1. The van der Waals surface area contributed by atoms with Crippen LogP contribution in [0.2, 0.25) is 5.02 Å². The molecule has 0 aromatic heterocycles. The smallest absolute Gasteiger partial charge is 0.262 e. The first kappa shape index (κ1) is 23.5. The lowest BCUT2D eigenvalue weighted by Gasteiger charge is -2.23. The topological polar surface area (TPSA) is 75.7 Å². The first-order valence-corrected chi connectivity index (χ1v) is 11.5. The molecule has 10 heteroatoms. The lowest BCUT2D eigenvalue weighted by molar-refractivity contribution is -0.118. The number of carbonyl (C=O) groups is 1. The van der Waals surface area contributed by atoms with E-state index in [1.165, 1.54) is 54.6 Å². The van der Waals surface area contributed by atoms with E-state index in [-0.39, 0.29) is 23.7 Å². The first-order chi connectivity index (χ1) is 15.1. The highest BCUT2D eigenvalue weighted by Crippen LogP contribution is 2.25. The third-order valence-corrected chi connectivity index (χ3v) is 5.80. The summed E-state index contributed by atoms with van der Waals surface area (Å²) in [6.45, 7) is -0.506. The maximum atomic E-state index is 14.0. The number of nitrogens with zero attached hydrogens (tertiary/aromatic N) is 1. The Morgan fingerprint density at radius 1 is 1.03 bits per heavy atom. The molecule has 0 aliphatic carbocycles. The van der Waals surface area contributed by atoms with Crippen molar-refractivity contribution < 1.29 is 26.7 Å². The van der Waals surface area contributed by atoms with Crippen LogP contribution < -0.4 is 14.4 Å². The number of amides is 1. The molecule has 0 atom stereocenters. The highest BCUT2D eigenvalue weighted by atomic mass is 35.5. The van der Waals surface area contributed by atoms with Gasteiger partial charge >= 0.3 is 0 Å². The van der Waals surface area contributed by atoms with E-state index in [2.05, 4.69) is 5.32 Å². The Balaban J connectivity index is 1.65. The second-order valence-corrected chi connectivity index (χ2v) is 9.13. The van der Waals surface area contributed by atoms with E-state index in [1.54, 1.807) is 6.07 Å². The second-order valence-electron chi connectivity index (χ2n) is 6.82. The normalized spacial score (nSPS) is 11.1. The SMILES string of the molecule is CS(=O)(=O)N(Cc1ccccc1F)c1ccc(OCC(=O)Nc2ccc(F)c(Cl)c2)cc1. The molecule has 0 heterocycles. The molecule has 168 valence electrons.